The van der Waals surface area contributed by atoms with Crippen LogP contribution in [0.2, 0.25) is 0 Å². The summed E-state index contributed by atoms with van der Waals surface area (Å²) in [6.45, 7) is 8.03. The standard InChI is InChI=1S/C18H22N2O/c1-13(2)20(16-11-6-5-7-12-16)18(21)19-17-14(3)9-8-10-15(17)4/h5-13H,1-4H3,(H,19,21). The smallest absolute Gasteiger partial charge is 0.307 e. The maximum absolute atomic E-state index is 12.7. The summed E-state index contributed by atoms with van der Waals surface area (Å²) in [6.07, 6.45) is 0. The third kappa shape index (κ3) is 3.43. The van der Waals surface area contributed by atoms with Gasteiger partial charge in [-0.2, -0.15) is 0 Å². The van der Waals surface area contributed by atoms with E-state index in [-0.39, 0.29) is 12.1 Å². The van der Waals surface area contributed by atoms with E-state index >= 15 is 0 Å². The molecule has 0 spiro atoms. The molecule has 0 unspecified atom stereocenters. The van der Waals surface area contributed by atoms with Gasteiger partial charge in [-0.25, -0.2) is 4.79 Å². The molecular weight excluding hydrogens is 260 g/mol. The van der Waals surface area contributed by atoms with Crippen molar-refractivity contribution in [3.63, 3.8) is 0 Å². The van der Waals surface area contributed by atoms with Gasteiger partial charge in [-0.05, 0) is 51.0 Å². The van der Waals surface area contributed by atoms with E-state index in [1.807, 2.05) is 76.2 Å². The molecule has 0 atom stereocenters. The second-order valence-electron chi connectivity index (χ2n) is 5.50. The van der Waals surface area contributed by atoms with E-state index in [4.69, 9.17) is 0 Å². The molecule has 0 heterocycles. The lowest BCUT2D eigenvalue weighted by molar-refractivity contribution is 0.255. The van der Waals surface area contributed by atoms with Gasteiger partial charge in [0.05, 0.1) is 0 Å². The summed E-state index contributed by atoms with van der Waals surface area (Å²) < 4.78 is 0. The number of rotatable bonds is 3. The Morgan fingerprint density at radius 3 is 2.05 bits per heavy atom. The SMILES string of the molecule is Cc1cccc(C)c1NC(=O)N(c1ccccc1)C(C)C. The van der Waals surface area contributed by atoms with Crippen molar-refractivity contribution >= 4 is 17.4 Å². The highest BCUT2D eigenvalue weighted by Crippen LogP contribution is 2.22. The molecule has 21 heavy (non-hydrogen) atoms. The van der Waals surface area contributed by atoms with E-state index < -0.39 is 0 Å². The molecule has 0 aliphatic rings. The first-order valence-electron chi connectivity index (χ1n) is 7.22. The Morgan fingerprint density at radius 1 is 0.952 bits per heavy atom. The molecule has 110 valence electrons. The molecule has 0 fully saturated rings. The zero-order valence-electron chi connectivity index (χ0n) is 13.1. The first-order chi connectivity index (χ1) is 10.0. The second-order valence-corrected chi connectivity index (χ2v) is 5.50. The summed E-state index contributed by atoms with van der Waals surface area (Å²) in [4.78, 5) is 14.4. The number of para-hydroxylation sites is 2. The van der Waals surface area contributed by atoms with Crippen LogP contribution in [0.5, 0.6) is 0 Å². The fourth-order valence-electron chi connectivity index (χ4n) is 2.42. The highest BCUT2D eigenvalue weighted by molar-refractivity contribution is 6.02. The first-order valence-corrected chi connectivity index (χ1v) is 7.22. The fourth-order valence-corrected chi connectivity index (χ4v) is 2.42. The molecule has 0 saturated carbocycles. The van der Waals surface area contributed by atoms with Crippen LogP contribution in [0, 0.1) is 13.8 Å². The fraction of sp³-hybridized carbons (Fsp3) is 0.278. The number of anilines is 2. The number of benzene rings is 2. The molecule has 0 aliphatic carbocycles. The minimum atomic E-state index is -0.103. The van der Waals surface area contributed by atoms with Crippen molar-refractivity contribution in [2.75, 3.05) is 10.2 Å². The maximum atomic E-state index is 12.7. The van der Waals surface area contributed by atoms with Crippen LogP contribution in [0.4, 0.5) is 16.2 Å². The molecule has 0 radical (unpaired) electrons. The van der Waals surface area contributed by atoms with Gasteiger partial charge in [-0.3, -0.25) is 4.90 Å². The van der Waals surface area contributed by atoms with Crippen molar-refractivity contribution in [3.8, 4) is 0 Å². The van der Waals surface area contributed by atoms with Crippen LogP contribution in [-0.2, 0) is 0 Å². The van der Waals surface area contributed by atoms with Crippen molar-refractivity contribution in [2.45, 2.75) is 33.7 Å². The first kappa shape index (κ1) is 15.1. The van der Waals surface area contributed by atoms with E-state index in [0.29, 0.717) is 0 Å². The molecule has 3 heteroatoms. The number of hydrogen-bond acceptors (Lipinski definition) is 1. The van der Waals surface area contributed by atoms with Crippen molar-refractivity contribution in [3.05, 3.63) is 59.7 Å². The van der Waals surface area contributed by atoms with Gasteiger partial charge in [0.1, 0.15) is 0 Å². The van der Waals surface area contributed by atoms with Crippen LogP contribution in [-0.4, -0.2) is 12.1 Å². The normalized spacial score (nSPS) is 10.5. The van der Waals surface area contributed by atoms with Crippen molar-refractivity contribution in [2.24, 2.45) is 0 Å². The highest BCUT2D eigenvalue weighted by Gasteiger charge is 2.19. The third-order valence-electron chi connectivity index (χ3n) is 3.48. The van der Waals surface area contributed by atoms with E-state index in [1.165, 1.54) is 0 Å². The maximum Gasteiger partial charge on any atom is 0.326 e. The minimum Gasteiger partial charge on any atom is -0.307 e. The number of carbonyl (C=O) groups is 1. The van der Waals surface area contributed by atoms with Gasteiger partial charge in [0.15, 0.2) is 0 Å². The predicted molar refractivity (Wildman–Crippen MR) is 89.0 cm³/mol. The van der Waals surface area contributed by atoms with E-state index in [0.717, 1.165) is 22.5 Å². The number of nitrogens with one attached hydrogen (secondary N) is 1. The molecular formula is C18H22N2O. The zero-order valence-corrected chi connectivity index (χ0v) is 13.1. The Balaban J connectivity index is 2.29. The number of aryl methyl sites for hydroxylation is 2. The Bertz CT molecular complexity index is 600. The summed E-state index contributed by atoms with van der Waals surface area (Å²) in [7, 11) is 0. The number of amides is 2. The summed E-state index contributed by atoms with van der Waals surface area (Å²) in [5.41, 5.74) is 3.93. The Kier molecular flexibility index (Phi) is 4.63. The Hall–Kier alpha value is -2.29. The van der Waals surface area contributed by atoms with Gasteiger partial charge >= 0.3 is 6.03 Å². The number of hydrogen-bond donors (Lipinski definition) is 1. The van der Waals surface area contributed by atoms with Crippen LogP contribution < -0.4 is 10.2 Å². The van der Waals surface area contributed by atoms with Gasteiger partial charge in [0, 0.05) is 17.4 Å². The topological polar surface area (TPSA) is 32.3 Å². The van der Waals surface area contributed by atoms with E-state index in [9.17, 15) is 4.79 Å². The van der Waals surface area contributed by atoms with Gasteiger partial charge in [0.25, 0.3) is 0 Å². The Morgan fingerprint density at radius 2 is 1.52 bits per heavy atom. The average molecular weight is 282 g/mol. The number of nitrogens with zero attached hydrogens (tertiary/aromatic N) is 1. The van der Waals surface area contributed by atoms with Crippen LogP contribution in [0.25, 0.3) is 0 Å². The molecule has 0 aliphatic heterocycles. The summed E-state index contributed by atoms with van der Waals surface area (Å²) in [6, 6.07) is 15.7. The molecule has 2 aromatic carbocycles. The average Bonchev–Trinajstić information content (AvgIpc) is 2.44. The quantitative estimate of drug-likeness (QED) is 0.865. The monoisotopic (exact) mass is 282 g/mol. The lowest BCUT2D eigenvalue weighted by Crippen LogP contribution is -2.40. The molecule has 0 aromatic heterocycles. The van der Waals surface area contributed by atoms with Crippen LogP contribution in [0.1, 0.15) is 25.0 Å². The lowest BCUT2D eigenvalue weighted by Gasteiger charge is -2.27. The number of carbonyl (C=O) groups excluding carboxylic acids is 1. The lowest BCUT2D eigenvalue weighted by atomic mass is 10.1. The Labute approximate surface area is 126 Å². The van der Waals surface area contributed by atoms with Crippen LogP contribution in [0.3, 0.4) is 0 Å². The van der Waals surface area contributed by atoms with Gasteiger partial charge in [-0.15, -0.1) is 0 Å². The molecule has 2 aromatic rings. The van der Waals surface area contributed by atoms with Gasteiger partial charge in [0.2, 0.25) is 0 Å². The second kappa shape index (κ2) is 6.44. The minimum absolute atomic E-state index is 0.0803. The van der Waals surface area contributed by atoms with Gasteiger partial charge < -0.3 is 5.32 Å². The summed E-state index contributed by atoms with van der Waals surface area (Å²) >= 11 is 0. The molecule has 2 amide bonds. The summed E-state index contributed by atoms with van der Waals surface area (Å²) in [5, 5.41) is 3.05. The van der Waals surface area contributed by atoms with Gasteiger partial charge in [-0.1, -0.05) is 36.4 Å². The molecule has 0 bridgehead atoms. The van der Waals surface area contributed by atoms with E-state index in [2.05, 4.69) is 5.32 Å². The van der Waals surface area contributed by atoms with E-state index in [1.54, 1.807) is 4.90 Å². The van der Waals surface area contributed by atoms with Crippen LogP contribution in [0.15, 0.2) is 48.5 Å². The third-order valence-corrected chi connectivity index (χ3v) is 3.48. The zero-order chi connectivity index (χ0) is 15.4. The van der Waals surface area contributed by atoms with Crippen molar-refractivity contribution < 1.29 is 4.79 Å². The molecule has 0 saturated heterocycles. The largest absolute Gasteiger partial charge is 0.326 e. The highest BCUT2D eigenvalue weighted by atomic mass is 16.2. The van der Waals surface area contributed by atoms with Crippen molar-refractivity contribution in [1.29, 1.82) is 0 Å². The molecule has 2 rings (SSSR count). The molecule has 3 nitrogen and oxygen atoms in total. The number of urea groups is 1. The van der Waals surface area contributed by atoms with Crippen molar-refractivity contribution in [1.82, 2.24) is 0 Å². The van der Waals surface area contributed by atoms with Crippen LogP contribution >= 0.6 is 0 Å². The predicted octanol–water partition coefficient (Wildman–Crippen LogP) is 4.75. The summed E-state index contributed by atoms with van der Waals surface area (Å²) in [5.74, 6) is 0. The molecule has 1 N–H and O–H groups in total.